The summed E-state index contributed by atoms with van der Waals surface area (Å²) < 4.78 is 11.4. The van der Waals surface area contributed by atoms with E-state index in [0.717, 1.165) is 23.1 Å². The quantitative estimate of drug-likeness (QED) is 0.467. The first-order chi connectivity index (χ1) is 13.2. The van der Waals surface area contributed by atoms with E-state index in [1.165, 1.54) is 16.9 Å². The number of nitrogens with zero attached hydrogens (tertiary/aromatic N) is 2. The second kappa shape index (κ2) is 9.33. The largest absolute Gasteiger partial charge is 0.464 e. The summed E-state index contributed by atoms with van der Waals surface area (Å²) >= 11 is 1.31. The number of benzene rings is 2. The van der Waals surface area contributed by atoms with Gasteiger partial charge in [0.25, 0.3) is 10.4 Å². The van der Waals surface area contributed by atoms with E-state index in [-0.39, 0.29) is 0 Å². The van der Waals surface area contributed by atoms with Gasteiger partial charge in [0.2, 0.25) is 0 Å². The summed E-state index contributed by atoms with van der Waals surface area (Å²) in [5.74, 6) is 0.579. The molecule has 0 fully saturated rings. The molecule has 140 valence electrons. The van der Waals surface area contributed by atoms with Crippen molar-refractivity contribution in [1.29, 1.82) is 0 Å². The molecule has 5 heteroatoms. The third-order valence-corrected chi connectivity index (χ3v) is 5.24. The Labute approximate surface area is 164 Å². The number of ether oxygens (including phenoxy) is 2. The highest BCUT2D eigenvalue weighted by molar-refractivity contribution is 7.14. The van der Waals surface area contributed by atoms with Gasteiger partial charge in [-0.3, -0.25) is 0 Å². The molecule has 0 saturated carbocycles. The third kappa shape index (κ3) is 5.41. The molecule has 0 saturated heterocycles. The van der Waals surface area contributed by atoms with Crippen LogP contribution in [-0.4, -0.2) is 10.2 Å². The van der Waals surface area contributed by atoms with E-state index >= 15 is 0 Å². The van der Waals surface area contributed by atoms with Crippen LogP contribution in [0.4, 0.5) is 0 Å². The fraction of sp³-hybridized carbons (Fsp3) is 0.273. The van der Waals surface area contributed by atoms with Crippen LogP contribution in [0.2, 0.25) is 0 Å². The fourth-order valence-electron chi connectivity index (χ4n) is 2.53. The molecule has 0 amide bonds. The second-order valence-corrected chi connectivity index (χ2v) is 7.31. The molecule has 1 unspecified atom stereocenters. The van der Waals surface area contributed by atoms with Gasteiger partial charge < -0.3 is 9.47 Å². The maximum absolute atomic E-state index is 5.74. The summed E-state index contributed by atoms with van der Waals surface area (Å²) in [6.45, 7) is 9.11. The van der Waals surface area contributed by atoms with Crippen molar-refractivity contribution in [1.82, 2.24) is 10.2 Å². The molecule has 27 heavy (non-hydrogen) atoms. The van der Waals surface area contributed by atoms with Gasteiger partial charge in [0.05, 0.1) is 0 Å². The van der Waals surface area contributed by atoms with E-state index in [0.29, 0.717) is 29.5 Å². The maximum Gasteiger partial charge on any atom is 0.297 e. The van der Waals surface area contributed by atoms with Gasteiger partial charge in [-0.15, -0.1) is 0 Å². The first-order valence-corrected chi connectivity index (χ1v) is 9.89. The van der Waals surface area contributed by atoms with Gasteiger partial charge in [-0.05, 0) is 45.9 Å². The molecule has 4 nitrogen and oxygen atoms in total. The smallest absolute Gasteiger partial charge is 0.297 e. The van der Waals surface area contributed by atoms with Gasteiger partial charge in [0.15, 0.2) is 0 Å². The summed E-state index contributed by atoms with van der Waals surface area (Å²) in [5, 5.41) is 9.09. The predicted octanol–water partition coefficient (Wildman–Crippen LogP) is 5.85. The van der Waals surface area contributed by atoms with Crippen molar-refractivity contribution in [2.45, 2.75) is 39.4 Å². The minimum Gasteiger partial charge on any atom is -0.464 e. The molecular formula is C22H24N2O2S. The number of hydrogen-bond donors (Lipinski definition) is 0. The van der Waals surface area contributed by atoms with E-state index in [2.05, 4.69) is 54.9 Å². The van der Waals surface area contributed by atoms with Crippen molar-refractivity contribution >= 4 is 17.4 Å². The highest BCUT2D eigenvalue weighted by Gasteiger charge is 2.08. The van der Waals surface area contributed by atoms with Crippen LogP contribution in [0.5, 0.6) is 10.4 Å². The van der Waals surface area contributed by atoms with Gasteiger partial charge in [-0.1, -0.05) is 85.2 Å². The molecule has 0 aliphatic heterocycles. The molecule has 1 heterocycles. The summed E-state index contributed by atoms with van der Waals surface area (Å²) in [6.07, 6.45) is 2.96. The van der Waals surface area contributed by atoms with Gasteiger partial charge in [0, 0.05) is 0 Å². The average Bonchev–Trinajstić information content (AvgIpc) is 3.19. The number of rotatable bonds is 9. The molecule has 1 atom stereocenters. The first kappa shape index (κ1) is 19.1. The minimum atomic E-state index is 0.448. The highest BCUT2D eigenvalue weighted by Crippen LogP contribution is 2.26. The van der Waals surface area contributed by atoms with Crippen LogP contribution < -0.4 is 9.47 Å². The van der Waals surface area contributed by atoms with E-state index in [1.54, 1.807) is 0 Å². The summed E-state index contributed by atoms with van der Waals surface area (Å²) in [4.78, 5) is 0. The Bertz CT molecular complexity index is 857. The highest BCUT2D eigenvalue weighted by atomic mass is 32.1. The Morgan fingerprint density at radius 3 is 1.93 bits per heavy atom. The number of hydrogen-bond acceptors (Lipinski definition) is 5. The van der Waals surface area contributed by atoms with Crippen molar-refractivity contribution in [3.63, 3.8) is 0 Å². The van der Waals surface area contributed by atoms with Crippen LogP contribution >= 0.6 is 11.3 Å². The van der Waals surface area contributed by atoms with Crippen LogP contribution in [0, 0.1) is 0 Å². The van der Waals surface area contributed by atoms with Crippen molar-refractivity contribution in [2.24, 2.45) is 0 Å². The van der Waals surface area contributed by atoms with Crippen molar-refractivity contribution in [2.75, 3.05) is 0 Å². The topological polar surface area (TPSA) is 44.2 Å². The molecule has 1 aromatic heterocycles. The van der Waals surface area contributed by atoms with Gasteiger partial charge in [-0.2, -0.15) is 0 Å². The minimum absolute atomic E-state index is 0.448. The standard InChI is InChI=1S/C22H24N2O2S/c1-4-16(3)20-12-10-19(11-13-20)15-26-22-24-23-21(27-22)25-14-18-8-6-17(5-2)7-9-18/h5-13,16H,2,4,14-15H2,1,3H3. The lowest BCUT2D eigenvalue weighted by molar-refractivity contribution is 0.296. The Kier molecular flexibility index (Phi) is 6.60. The third-order valence-electron chi connectivity index (χ3n) is 4.49. The Balaban J connectivity index is 1.49. The lowest BCUT2D eigenvalue weighted by atomic mass is 9.98. The van der Waals surface area contributed by atoms with Crippen LogP contribution in [0.1, 0.15) is 48.4 Å². The Hall–Kier alpha value is -2.66. The lowest BCUT2D eigenvalue weighted by Crippen LogP contribution is -1.96. The zero-order valence-electron chi connectivity index (χ0n) is 15.7. The lowest BCUT2D eigenvalue weighted by Gasteiger charge is -2.09. The van der Waals surface area contributed by atoms with Crippen LogP contribution in [0.15, 0.2) is 55.1 Å². The second-order valence-electron chi connectivity index (χ2n) is 6.41. The summed E-state index contributed by atoms with van der Waals surface area (Å²) in [7, 11) is 0. The Morgan fingerprint density at radius 2 is 1.44 bits per heavy atom. The van der Waals surface area contributed by atoms with E-state index in [1.807, 2.05) is 30.3 Å². The van der Waals surface area contributed by atoms with Crippen molar-refractivity contribution < 1.29 is 9.47 Å². The molecule has 0 aliphatic carbocycles. The van der Waals surface area contributed by atoms with Crippen molar-refractivity contribution in [3.05, 3.63) is 77.4 Å². The van der Waals surface area contributed by atoms with Crippen LogP contribution in [-0.2, 0) is 13.2 Å². The molecule has 2 aromatic carbocycles. The normalized spacial score (nSPS) is 11.8. The van der Waals surface area contributed by atoms with E-state index < -0.39 is 0 Å². The van der Waals surface area contributed by atoms with E-state index in [9.17, 15) is 0 Å². The van der Waals surface area contributed by atoms with Crippen LogP contribution in [0.3, 0.4) is 0 Å². The summed E-state index contributed by atoms with van der Waals surface area (Å²) in [6, 6.07) is 16.6. The molecule has 0 bridgehead atoms. The Morgan fingerprint density at radius 1 is 0.926 bits per heavy atom. The molecule has 3 aromatic rings. The van der Waals surface area contributed by atoms with Crippen LogP contribution in [0.25, 0.3) is 6.08 Å². The maximum atomic E-state index is 5.74. The molecule has 3 rings (SSSR count). The van der Waals surface area contributed by atoms with Gasteiger partial charge >= 0.3 is 0 Å². The molecule has 0 aliphatic rings. The summed E-state index contributed by atoms with van der Waals surface area (Å²) in [5.41, 5.74) is 4.62. The zero-order valence-corrected chi connectivity index (χ0v) is 16.5. The predicted molar refractivity (Wildman–Crippen MR) is 110 cm³/mol. The fourth-order valence-corrected chi connectivity index (χ4v) is 3.08. The molecule has 0 N–H and O–H groups in total. The first-order valence-electron chi connectivity index (χ1n) is 9.07. The van der Waals surface area contributed by atoms with Crippen molar-refractivity contribution in [3.8, 4) is 10.4 Å². The van der Waals surface area contributed by atoms with Gasteiger partial charge in [0.1, 0.15) is 13.2 Å². The molecule has 0 radical (unpaired) electrons. The van der Waals surface area contributed by atoms with Gasteiger partial charge in [-0.25, -0.2) is 0 Å². The SMILES string of the molecule is C=Cc1ccc(COc2nnc(OCc3ccc(C(C)CC)cc3)s2)cc1. The monoisotopic (exact) mass is 380 g/mol. The zero-order chi connectivity index (χ0) is 19.1. The number of aromatic nitrogens is 2. The van der Waals surface area contributed by atoms with E-state index in [4.69, 9.17) is 9.47 Å². The molecule has 0 spiro atoms. The average molecular weight is 381 g/mol. The molecular weight excluding hydrogens is 356 g/mol.